The van der Waals surface area contributed by atoms with Gasteiger partial charge in [0.15, 0.2) is 0 Å². The van der Waals surface area contributed by atoms with E-state index in [1.54, 1.807) is 12.1 Å². The van der Waals surface area contributed by atoms with Crippen molar-refractivity contribution in [3.05, 3.63) is 30.3 Å². The van der Waals surface area contributed by atoms with Gasteiger partial charge in [-0.15, -0.1) is 11.6 Å². The maximum atomic E-state index is 9.85. The SMILES string of the molecule is CCl.O=POc1ccccc1. The highest BCUT2D eigenvalue weighted by Crippen LogP contribution is 2.12. The Bertz CT molecular complexity index is 191. The predicted octanol–water partition coefficient (Wildman–Crippen LogP) is 3.13. The van der Waals surface area contributed by atoms with Crippen molar-refractivity contribution >= 4 is 20.3 Å². The number of hydrogen-bond donors (Lipinski definition) is 0. The number of para-hydroxylation sites is 1. The lowest BCUT2D eigenvalue weighted by Gasteiger charge is -1.90. The Labute approximate surface area is 72.4 Å². The molecule has 0 atom stereocenters. The standard InChI is InChI=1S/C6H5O2P.CH3Cl/c7-9-8-6-4-2-1-3-5-6;1-2/h1-5H;1H3. The van der Waals surface area contributed by atoms with Crippen LogP contribution in [0.3, 0.4) is 0 Å². The van der Waals surface area contributed by atoms with E-state index in [4.69, 9.17) is 0 Å². The zero-order chi connectivity index (χ0) is 8.53. The maximum absolute atomic E-state index is 9.85. The molecule has 2 nitrogen and oxygen atoms in total. The number of rotatable bonds is 2. The van der Waals surface area contributed by atoms with Gasteiger partial charge in [-0.3, -0.25) is 0 Å². The van der Waals surface area contributed by atoms with Crippen LogP contribution in [0.15, 0.2) is 30.3 Å². The van der Waals surface area contributed by atoms with Crippen LogP contribution in [0.5, 0.6) is 5.75 Å². The molecule has 11 heavy (non-hydrogen) atoms. The van der Waals surface area contributed by atoms with Crippen molar-refractivity contribution < 1.29 is 9.09 Å². The van der Waals surface area contributed by atoms with E-state index in [2.05, 4.69) is 16.1 Å². The molecule has 0 saturated heterocycles. The van der Waals surface area contributed by atoms with Crippen LogP contribution in [-0.4, -0.2) is 6.38 Å². The van der Waals surface area contributed by atoms with Gasteiger partial charge >= 0.3 is 8.69 Å². The maximum Gasteiger partial charge on any atom is 0.395 e. The fourth-order valence-electron chi connectivity index (χ4n) is 0.524. The van der Waals surface area contributed by atoms with Gasteiger partial charge in [-0.1, -0.05) is 18.2 Å². The Morgan fingerprint density at radius 2 is 1.82 bits per heavy atom. The molecule has 0 aliphatic heterocycles. The Balaban J connectivity index is 0.000000461. The van der Waals surface area contributed by atoms with Crippen molar-refractivity contribution in [3.8, 4) is 5.75 Å². The second kappa shape index (κ2) is 7.52. The quantitative estimate of drug-likeness (QED) is 0.529. The molecule has 0 saturated carbocycles. The minimum absolute atomic E-state index is 0.305. The summed E-state index contributed by atoms with van der Waals surface area (Å²) in [5, 5.41) is 0. The van der Waals surface area contributed by atoms with Crippen molar-refractivity contribution in [1.29, 1.82) is 0 Å². The van der Waals surface area contributed by atoms with Crippen LogP contribution < -0.4 is 4.52 Å². The minimum atomic E-state index is -0.305. The molecule has 0 radical (unpaired) electrons. The molecule has 0 aliphatic rings. The van der Waals surface area contributed by atoms with Gasteiger partial charge in [0.25, 0.3) is 0 Å². The first-order valence-corrected chi connectivity index (χ1v) is 4.34. The fraction of sp³-hybridized carbons (Fsp3) is 0.143. The van der Waals surface area contributed by atoms with Crippen molar-refractivity contribution in [1.82, 2.24) is 0 Å². The van der Waals surface area contributed by atoms with Gasteiger partial charge in [-0.2, -0.15) is 0 Å². The van der Waals surface area contributed by atoms with Crippen LogP contribution >= 0.6 is 20.3 Å². The molecule has 0 aromatic heterocycles. The van der Waals surface area contributed by atoms with E-state index in [1.165, 1.54) is 6.38 Å². The average molecular weight is 191 g/mol. The molecular weight excluding hydrogens is 183 g/mol. The van der Waals surface area contributed by atoms with E-state index in [9.17, 15) is 4.57 Å². The van der Waals surface area contributed by atoms with Crippen LogP contribution in [0.1, 0.15) is 0 Å². The molecule has 0 amide bonds. The van der Waals surface area contributed by atoms with Gasteiger partial charge in [0.2, 0.25) is 0 Å². The molecule has 1 rings (SSSR count). The van der Waals surface area contributed by atoms with E-state index in [0.29, 0.717) is 5.75 Å². The molecule has 0 heterocycles. The Kier molecular flexibility index (Phi) is 7.11. The van der Waals surface area contributed by atoms with Crippen LogP contribution in [0, 0.1) is 0 Å². The van der Waals surface area contributed by atoms with E-state index < -0.39 is 0 Å². The van der Waals surface area contributed by atoms with E-state index in [1.807, 2.05) is 18.2 Å². The third-order valence-corrected chi connectivity index (χ3v) is 1.17. The van der Waals surface area contributed by atoms with Gasteiger partial charge in [0, 0.05) is 6.38 Å². The molecule has 0 N–H and O–H groups in total. The monoisotopic (exact) mass is 190 g/mol. The molecule has 0 aliphatic carbocycles. The van der Waals surface area contributed by atoms with Crippen LogP contribution in [0.2, 0.25) is 0 Å². The highest BCUT2D eigenvalue weighted by Gasteiger charge is 1.85. The second-order valence-electron chi connectivity index (χ2n) is 1.48. The van der Waals surface area contributed by atoms with Crippen LogP contribution in [-0.2, 0) is 4.57 Å². The van der Waals surface area contributed by atoms with E-state index >= 15 is 0 Å². The zero-order valence-electron chi connectivity index (χ0n) is 6.03. The Morgan fingerprint density at radius 3 is 2.27 bits per heavy atom. The van der Waals surface area contributed by atoms with Gasteiger partial charge < -0.3 is 4.52 Å². The summed E-state index contributed by atoms with van der Waals surface area (Å²) < 4.78 is 14.5. The molecule has 1 aromatic rings. The molecule has 0 unspecified atom stereocenters. The minimum Gasteiger partial charge on any atom is -0.408 e. The first-order valence-electron chi connectivity index (χ1n) is 2.86. The van der Waals surface area contributed by atoms with Crippen molar-refractivity contribution in [2.45, 2.75) is 0 Å². The number of benzene rings is 1. The van der Waals surface area contributed by atoms with Gasteiger partial charge in [-0.05, 0) is 12.1 Å². The lowest BCUT2D eigenvalue weighted by Crippen LogP contribution is -1.70. The van der Waals surface area contributed by atoms with Crippen molar-refractivity contribution in [2.75, 3.05) is 6.38 Å². The summed E-state index contributed by atoms with van der Waals surface area (Å²) in [7, 11) is -0.305. The summed E-state index contributed by atoms with van der Waals surface area (Å²) in [6, 6.07) is 8.99. The van der Waals surface area contributed by atoms with Crippen molar-refractivity contribution in [3.63, 3.8) is 0 Å². The van der Waals surface area contributed by atoms with Gasteiger partial charge in [0.1, 0.15) is 5.75 Å². The average Bonchev–Trinajstić information content (AvgIpc) is 2.11. The summed E-state index contributed by atoms with van der Waals surface area (Å²) >= 11 is 4.64. The van der Waals surface area contributed by atoms with Gasteiger partial charge in [-0.25, -0.2) is 4.57 Å². The first-order chi connectivity index (χ1) is 5.43. The second-order valence-corrected chi connectivity index (χ2v) is 1.81. The molecule has 0 fully saturated rings. The highest BCUT2D eigenvalue weighted by atomic mass is 35.5. The topological polar surface area (TPSA) is 26.3 Å². The first kappa shape index (κ1) is 10.4. The van der Waals surface area contributed by atoms with Gasteiger partial charge in [0.05, 0.1) is 0 Å². The normalized spacial score (nSPS) is 8.18. The lowest BCUT2D eigenvalue weighted by atomic mass is 10.3. The Morgan fingerprint density at radius 1 is 1.27 bits per heavy atom. The molecule has 0 bridgehead atoms. The molecule has 1 aromatic carbocycles. The summed E-state index contributed by atoms with van der Waals surface area (Å²) in [6.07, 6.45) is 1.47. The molecular formula is C7H8ClO2P. The largest absolute Gasteiger partial charge is 0.408 e. The third-order valence-electron chi connectivity index (χ3n) is 0.886. The number of hydrogen-bond acceptors (Lipinski definition) is 2. The molecule has 60 valence electrons. The summed E-state index contributed by atoms with van der Waals surface area (Å²) in [5.41, 5.74) is 0. The smallest absolute Gasteiger partial charge is 0.395 e. The van der Waals surface area contributed by atoms with Crippen molar-refractivity contribution in [2.24, 2.45) is 0 Å². The van der Waals surface area contributed by atoms with Crippen LogP contribution in [0.25, 0.3) is 0 Å². The highest BCUT2D eigenvalue weighted by molar-refractivity contribution is 7.17. The fourth-order valence-corrected chi connectivity index (χ4v) is 0.732. The summed E-state index contributed by atoms with van der Waals surface area (Å²) in [4.78, 5) is 0. The molecule has 0 spiro atoms. The third kappa shape index (κ3) is 4.77. The number of alkyl halides is 1. The molecule has 4 heteroatoms. The summed E-state index contributed by atoms with van der Waals surface area (Å²) in [5.74, 6) is 0.620. The van der Waals surface area contributed by atoms with E-state index in [-0.39, 0.29) is 8.69 Å². The number of halogens is 1. The predicted molar refractivity (Wildman–Crippen MR) is 46.5 cm³/mol. The Hall–Kier alpha value is -0.590. The van der Waals surface area contributed by atoms with Crippen LogP contribution in [0.4, 0.5) is 0 Å². The summed E-state index contributed by atoms with van der Waals surface area (Å²) in [6.45, 7) is 0. The lowest BCUT2D eigenvalue weighted by molar-refractivity contribution is 0.525. The zero-order valence-corrected chi connectivity index (χ0v) is 7.68. The van der Waals surface area contributed by atoms with E-state index in [0.717, 1.165) is 0 Å².